The van der Waals surface area contributed by atoms with E-state index in [1.807, 2.05) is 6.07 Å². The van der Waals surface area contributed by atoms with Crippen LogP contribution in [0.1, 0.15) is 31.1 Å². The van der Waals surface area contributed by atoms with E-state index in [-0.39, 0.29) is 11.1 Å². The molecule has 7 heteroatoms. The van der Waals surface area contributed by atoms with Gasteiger partial charge in [0.05, 0.1) is 11.5 Å². The highest BCUT2D eigenvalue weighted by atomic mass is 127. The van der Waals surface area contributed by atoms with Gasteiger partial charge in [0.1, 0.15) is 0 Å². The standard InChI is InChI=1S/C15H11IN2O4/c16-10-5-3-4-9(8-10)13(19)17-18-14(20)11-6-1-2-7-12(11)15(21)22/h1-8H,(H,17,19)(H,18,20)(H,21,22)/p-1. The monoisotopic (exact) mass is 409 g/mol. The number of hydrogen-bond donors (Lipinski definition) is 2. The van der Waals surface area contributed by atoms with E-state index in [0.29, 0.717) is 5.56 Å². The molecule has 0 aliphatic heterocycles. The molecule has 0 heterocycles. The van der Waals surface area contributed by atoms with E-state index in [1.54, 1.807) is 18.2 Å². The Labute approximate surface area is 139 Å². The number of benzene rings is 2. The lowest BCUT2D eigenvalue weighted by Gasteiger charge is -2.11. The number of halogens is 1. The molecule has 2 aromatic carbocycles. The van der Waals surface area contributed by atoms with Gasteiger partial charge in [-0.1, -0.05) is 24.3 Å². The van der Waals surface area contributed by atoms with Crippen molar-refractivity contribution >= 4 is 40.4 Å². The van der Waals surface area contributed by atoms with Gasteiger partial charge in [-0.2, -0.15) is 0 Å². The molecule has 2 N–H and O–H groups in total. The van der Waals surface area contributed by atoms with Crippen LogP contribution >= 0.6 is 22.6 Å². The molecule has 0 saturated carbocycles. The van der Waals surface area contributed by atoms with E-state index < -0.39 is 17.8 Å². The number of hydrazine groups is 1. The summed E-state index contributed by atoms with van der Waals surface area (Å²) in [5.74, 6) is -2.70. The quantitative estimate of drug-likeness (QED) is 0.577. The van der Waals surface area contributed by atoms with Crippen molar-refractivity contribution in [3.05, 3.63) is 68.8 Å². The lowest BCUT2D eigenvalue weighted by Crippen LogP contribution is -2.42. The van der Waals surface area contributed by atoms with Gasteiger partial charge < -0.3 is 9.90 Å². The zero-order chi connectivity index (χ0) is 16.1. The molecule has 112 valence electrons. The normalized spacial score (nSPS) is 9.86. The third-order valence-electron chi connectivity index (χ3n) is 2.77. The molecule has 2 rings (SSSR count). The molecule has 0 aliphatic rings. The van der Waals surface area contributed by atoms with Crippen molar-refractivity contribution in [2.24, 2.45) is 0 Å². The topological polar surface area (TPSA) is 98.3 Å². The molecule has 22 heavy (non-hydrogen) atoms. The second-order valence-electron chi connectivity index (χ2n) is 4.25. The summed E-state index contributed by atoms with van der Waals surface area (Å²) < 4.78 is 0.874. The maximum Gasteiger partial charge on any atom is 0.270 e. The van der Waals surface area contributed by atoms with Crippen LogP contribution in [0.3, 0.4) is 0 Å². The number of carboxylic acid groups (broad SMARTS) is 1. The second kappa shape index (κ2) is 7.03. The highest BCUT2D eigenvalue weighted by Gasteiger charge is 2.13. The zero-order valence-corrected chi connectivity index (χ0v) is 13.3. The van der Waals surface area contributed by atoms with Crippen LogP contribution in [-0.2, 0) is 0 Å². The van der Waals surface area contributed by atoms with Crippen molar-refractivity contribution in [1.82, 2.24) is 10.9 Å². The fraction of sp³-hybridized carbons (Fsp3) is 0. The molecule has 2 amide bonds. The minimum absolute atomic E-state index is 0.0922. The summed E-state index contributed by atoms with van der Waals surface area (Å²) in [6.45, 7) is 0. The summed E-state index contributed by atoms with van der Waals surface area (Å²) in [6, 6.07) is 12.4. The van der Waals surface area contributed by atoms with Gasteiger partial charge in [0.25, 0.3) is 11.8 Å². The fourth-order valence-corrected chi connectivity index (χ4v) is 2.28. The number of aromatic carboxylic acids is 1. The smallest absolute Gasteiger partial charge is 0.270 e. The lowest BCUT2D eigenvalue weighted by atomic mass is 10.1. The first-order valence-corrected chi connectivity index (χ1v) is 7.23. The van der Waals surface area contributed by atoms with Crippen molar-refractivity contribution in [3.8, 4) is 0 Å². The van der Waals surface area contributed by atoms with Crippen LogP contribution in [0.15, 0.2) is 48.5 Å². The van der Waals surface area contributed by atoms with E-state index in [2.05, 4.69) is 33.4 Å². The Morgan fingerprint density at radius 1 is 0.864 bits per heavy atom. The van der Waals surface area contributed by atoms with Gasteiger partial charge in [0.15, 0.2) is 0 Å². The lowest BCUT2D eigenvalue weighted by molar-refractivity contribution is -0.255. The minimum atomic E-state index is -1.46. The number of amides is 2. The van der Waals surface area contributed by atoms with Crippen molar-refractivity contribution in [2.75, 3.05) is 0 Å². The molecular formula is C15H10IN2O4-. The van der Waals surface area contributed by atoms with Crippen LogP contribution in [-0.4, -0.2) is 17.8 Å². The van der Waals surface area contributed by atoms with Crippen molar-refractivity contribution in [3.63, 3.8) is 0 Å². The van der Waals surface area contributed by atoms with Gasteiger partial charge in [0.2, 0.25) is 0 Å². The average molecular weight is 409 g/mol. The zero-order valence-electron chi connectivity index (χ0n) is 11.1. The Hall–Kier alpha value is -2.42. The molecule has 0 atom stereocenters. The maximum absolute atomic E-state index is 12.0. The van der Waals surface area contributed by atoms with E-state index in [4.69, 9.17) is 0 Å². The molecule has 0 spiro atoms. The summed E-state index contributed by atoms with van der Waals surface area (Å²) in [5.41, 5.74) is 4.45. The Bertz CT molecular complexity index is 746. The predicted octanol–water partition coefficient (Wildman–Crippen LogP) is 0.729. The van der Waals surface area contributed by atoms with Crippen LogP contribution in [0, 0.1) is 3.57 Å². The number of rotatable bonds is 3. The van der Waals surface area contributed by atoms with Gasteiger partial charge in [-0.05, 0) is 46.9 Å². The van der Waals surface area contributed by atoms with Crippen LogP contribution in [0.25, 0.3) is 0 Å². The van der Waals surface area contributed by atoms with E-state index in [1.165, 1.54) is 24.3 Å². The third kappa shape index (κ3) is 3.82. The predicted molar refractivity (Wildman–Crippen MR) is 84.9 cm³/mol. The SMILES string of the molecule is O=C(NNC(=O)c1ccccc1C(=O)[O-])c1cccc(I)c1. The average Bonchev–Trinajstić information content (AvgIpc) is 2.52. The first-order chi connectivity index (χ1) is 10.5. The number of nitrogens with one attached hydrogen (secondary N) is 2. The Morgan fingerprint density at radius 2 is 1.50 bits per heavy atom. The Kier molecular flexibility index (Phi) is 5.10. The van der Waals surface area contributed by atoms with Crippen LogP contribution in [0.5, 0.6) is 0 Å². The molecule has 0 aromatic heterocycles. The van der Waals surface area contributed by atoms with Gasteiger partial charge >= 0.3 is 0 Å². The van der Waals surface area contributed by atoms with Crippen LogP contribution in [0.4, 0.5) is 0 Å². The summed E-state index contributed by atoms with van der Waals surface area (Å²) in [6.07, 6.45) is 0. The van der Waals surface area contributed by atoms with E-state index >= 15 is 0 Å². The van der Waals surface area contributed by atoms with Gasteiger partial charge in [-0.15, -0.1) is 0 Å². The van der Waals surface area contributed by atoms with Crippen molar-refractivity contribution in [2.45, 2.75) is 0 Å². The number of carboxylic acids is 1. The van der Waals surface area contributed by atoms with Crippen molar-refractivity contribution < 1.29 is 19.5 Å². The number of carbonyl (C=O) groups excluding carboxylic acids is 3. The highest BCUT2D eigenvalue weighted by molar-refractivity contribution is 14.1. The molecule has 2 aromatic rings. The van der Waals surface area contributed by atoms with Crippen LogP contribution < -0.4 is 16.0 Å². The van der Waals surface area contributed by atoms with Crippen molar-refractivity contribution in [1.29, 1.82) is 0 Å². The third-order valence-corrected chi connectivity index (χ3v) is 3.44. The molecule has 6 nitrogen and oxygen atoms in total. The number of hydrogen-bond acceptors (Lipinski definition) is 4. The number of carbonyl (C=O) groups is 3. The molecule has 0 radical (unpaired) electrons. The molecule has 0 fully saturated rings. The Morgan fingerprint density at radius 3 is 2.14 bits per heavy atom. The molecule has 0 aliphatic carbocycles. The summed E-state index contributed by atoms with van der Waals surface area (Å²) in [5, 5.41) is 10.9. The van der Waals surface area contributed by atoms with Crippen LogP contribution in [0.2, 0.25) is 0 Å². The summed E-state index contributed by atoms with van der Waals surface area (Å²) >= 11 is 2.06. The maximum atomic E-state index is 12.0. The first-order valence-electron chi connectivity index (χ1n) is 6.15. The molecular weight excluding hydrogens is 399 g/mol. The van der Waals surface area contributed by atoms with Gasteiger partial charge in [-0.3, -0.25) is 20.4 Å². The molecule has 0 saturated heterocycles. The van der Waals surface area contributed by atoms with E-state index in [0.717, 1.165) is 3.57 Å². The second-order valence-corrected chi connectivity index (χ2v) is 5.50. The molecule has 0 unspecified atom stereocenters. The minimum Gasteiger partial charge on any atom is -0.545 e. The largest absolute Gasteiger partial charge is 0.545 e. The highest BCUT2D eigenvalue weighted by Crippen LogP contribution is 2.08. The summed E-state index contributed by atoms with van der Waals surface area (Å²) in [4.78, 5) is 34.8. The summed E-state index contributed by atoms with van der Waals surface area (Å²) in [7, 11) is 0. The van der Waals surface area contributed by atoms with E-state index in [9.17, 15) is 19.5 Å². The van der Waals surface area contributed by atoms with Gasteiger partial charge in [-0.25, -0.2) is 0 Å². The Balaban J connectivity index is 2.07. The molecule has 0 bridgehead atoms. The fourth-order valence-electron chi connectivity index (χ4n) is 1.74. The first kappa shape index (κ1) is 16.0. The van der Waals surface area contributed by atoms with Gasteiger partial charge in [0, 0.05) is 14.7 Å².